The van der Waals surface area contributed by atoms with E-state index in [4.69, 9.17) is 5.73 Å². The Morgan fingerprint density at radius 3 is 2.27 bits per heavy atom. The fraction of sp³-hybridized carbons (Fsp3) is 0.917. The number of nitrogens with zero attached hydrogens (tertiary/aromatic N) is 1. The van der Waals surface area contributed by atoms with Crippen LogP contribution in [0, 0.1) is 10.8 Å². The molecular formula is C12H24N2O. The fourth-order valence-electron chi connectivity index (χ4n) is 1.67. The fourth-order valence-corrected chi connectivity index (χ4v) is 1.67. The molecule has 1 fully saturated rings. The Morgan fingerprint density at radius 1 is 1.40 bits per heavy atom. The molecule has 0 unspecified atom stereocenters. The molecule has 0 spiro atoms. The number of carbonyl (C=O) groups is 1. The summed E-state index contributed by atoms with van der Waals surface area (Å²) in [5, 5.41) is 0. The van der Waals surface area contributed by atoms with E-state index < -0.39 is 0 Å². The largest absolute Gasteiger partial charge is 0.345 e. The topological polar surface area (TPSA) is 46.3 Å². The van der Waals surface area contributed by atoms with Gasteiger partial charge < -0.3 is 10.6 Å². The minimum Gasteiger partial charge on any atom is -0.345 e. The van der Waals surface area contributed by atoms with Crippen LogP contribution in [-0.2, 0) is 4.79 Å². The highest BCUT2D eigenvalue weighted by molar-refractivity contribution is 5.85. The van der Waals surface area contributed by atoms with Crippen LogP contribution in [0.4, 0.5) is 0 Å². The second-order valence-corrected chi connectivity index (χ2v) is 6.02. The molecule has 1 amide bonds. The second kappa shape index (κ2) is 4.12. The first-order valence-corrected chi connectivity index (χ1v) is 5.76. The number of carbonyl (C=O) groups excluding carboxylic acids is 1. The Kier molecular flexibility index (Phi) is 3.44. The molecule has 0 aliphatic heterocycles. The highest BCUT2D eigenvalue weighted by Crippen LogP contribution is 2.46. The quantitative estimate of drug-likeness (QED) is 0.769. The summed E-state index contributed by atoms with van der Waals surface area (Å²) in [7, 11) is 1.89. The van der Waals surface area contributed by atoms with Gasteiger partial charge in [0.2, 0.25) is 5.91 Å². The van der Waals surface area contributed by atoms with Crippen LogP contribution in [0.15, 0.2) is 0 Å². The van der Waals surface area contributed by atoms with Gasteiger partial charge in [-0.15, -0.1) is 0 Å². The highest BCUT2D eigenvalue weighted by Gasteiger charge is 2.49. The number of hydrogen-bond donors (Lipinski definition) is 1. The molecule has 1 saturated carbocycles. The molecule has 0 radical (unpaired) electrons. The highest BCUT2D eigenvalue weighted by atomic mass is 16.2. The lowest BCUT2D eigenvalue weighted by Gasteiger charge is -2.26. The van der Waals surface area contributed by atoms with Crippen LogP contribution >= 0.6 is 0 Å². The standard InChI is InChI=1S/C12H24N2O/c1-11(2,3)7-8-14(4)10(15)12(9-13)5-6-12/h5-9,13H2,1-4H3. The Bertz CT molecular complexity index is 238. The molecule has 1 rings (SSSR count). The summed E-state index contributed by atoms with van der Waals surface area (Å²) in [6.07, 6.45) is 2.99. The summed E-state index contributed by atoms with van der Waals surface area (Å²) in [5.41, 5.74) is 5.74. The third-order valence-corrected chi connectivity index (χ3v) is 3.24. The van der Waals surface area contributed by atoms with Crippen molar-refractivity contribution in [1.82, 2.24) is 4.90 Å². The molecule has 3 heteroatoms. The minimum absolute atomic E-state index is 0.188. The van der Waals surface area contributed by atoms with E-state index >= 15 is 0 Å². The zero-order chi connectivity index (χ0) is 11.7. The van der Waals surface area contributed by atoms with Crippen molar-refractivity contribution in [2.75, 3.05) is 20.1 Å². The average Bonchev–Trinajstić information content (AvgIpc) is 2.92. The second-order valence-electron chi connectivity index (χ2n) is 6.02. The summed E-state index contributed by atoms with van der Waals surface area (Å²) < 4.78 is 0. The van der Waals surface area contributed by atoms with Crippen molar-refractivity contribution in [2.45, 2.75) is 40.0 Å². The third kappa shape index (κ3) is 3.20. The van der Waals surface area contributed by atoms with E-state index in [0.717, 1.165) is 25.8 Å². The zero-order valence-electron chi connectivity index (χ0n) is 10.5. The van der Waals surface area contributed by atoms with Gasteiger partial charge in [-0.2, -0.15) is 0 Å². The maximum absolute atomic E-state index is 12.0. The zero-order valence-corrected chi connectivity index (χ0v) is 10.5. The lowest BCUT2D eigenvalue weighted by molar-refractivity contribution is -0.135. The first-order chi connectivity index (χ1) is 6.81. The van der Waals surface area contributed by atoms with Crippen LogP contribution in [0.2, 0.25) is 0 Å². The van der Waals surface area contributed by atoms with Gasteiger partial charge in [0.25, 0.3) is 0 Å². The van der Waals surface area contributed by atoms with Crippen LogP contribution in [0.3, 0.4) is 0 Å². The van der Waals surface area contributed by atoms with Crippen molar-refractivity contribution in [2.24, 2.45) is 16.6 Å². The first kappa shape index (κ1) is 12.5. The molecule has 3 nitrogen and oxygen atoms in total. The predicted octanol–water partition coefficient (Wildman–Crippen LogP) is 1.62. The Morgan fingerprint density at radius 2 is 1.93 bits per heavy atom. The van der Waals surface area contributed by atoms with E-state index in [0.29, 0.717) is 6.54 Å². The van der Waals surface area contributed by atoms with E-state index in [1.165, 1.54) is 0 Å². The third-order valence-electron chi connectivity index (χ3n) is 3.24. The van der Waals surface area contributed by atoms with Crippen molar-refractivity contribution in [3.8, 4) is 0 Å². The van der Waals surface area contributed by atoms with Gasteiger partial charge in [0.1, 0.15) is 0 Å². The van der Waals surface area contributed by atoms with E-state index in [-0.39, 0.29) is 16.7 Å². The number of hydrogen-bond acceptors (Lipinski definition) is 2. The summed E-state index contributed by atoms with van der Waals surface area (Å²) in [6.45, 7) is 7.93. The van der Waals surface area contributed by atoms with Gasteiger partial charge in [-0.05, 0) is 24.7 Å². The number of amides is 1. The van der Waals surface area contributed by atoms with Gasteiger partial charge in [0, 0.05) is 20.1 Å². The predicted molar refractivity (Wildman–Crippen MR) is 62.4 cm³/mol. The molecule has 0 bridgehead atoms. The van der Waals surface area contributed by atoms with Crippen molar-refractivity contribution in [3.63, 3.8) is 0 Å². The van der Waals surface area contributed by atoms with Crippen molar-refractivity contribution >= 4 is 5.91 Å². The molecule has 0 aromatic heterocycles. The van der Waals surface area contributed by atoms with Crippen LogP contribution in [-0.4, -0.2) is 30.9 Å². The molecule has 88 valence electrons. The van der Waals surface area contributed by atoms with Crippen LogP contribution in [0.1, 0.15) is 40.0 Å². The maximum atomic E-state index is 12.0. The van der Waals surface area contributed by atoms with Gasteiger partial charge >= 0.3 is 0 Å². The van der Waals surface area contributed by atoms with Gasteiger partial charge in [-0.3, -0.25) is 4.79 Å². The summed E-state index contributed by atoms with van der Waals surface area (Å²) in [6, 6.07) is 0. The molecular weight excluding hydrogens is 188 g/mol. The molecule has 0 heterocycles. The molecule has 0 saturated heterocycles. The van der Waals surface area contributed by atoms with E-state index in [2.05, 4.69) is 20.8 Å². The SMILES string of the molecule is CN(CCC(C)(C)C)C(=O)C1(CN)CC1. The van der Waals surface area contributed by atoms with Crippen LogP contribution in [0.5, 0.6) is 0 Å². The van der Waals surface area contributed by atoms with Gasteiger partial charge in [0.05, 0.1) is 5.41 Å². The number of rotatable bonds is 4. The van der Waals surface area contributed by atoms with E-state index in [1.54, 1.807) is 0 Å². The lowest BCUT2D eigenvalue weighted by atomic mass is 9.92. The smallest absolute Gasteiger partial charge is 0.229 e. The normalized spacial score (nSPS) is 18.7. The monoisotopic (exact) mass is 212 g/mol. The Balaban J connectivity index is 2.41. The van der Waals surface area contributed by atoms with Crippen molar-refractivity contribution in [1.29, 1.82) is 0 Å². The average molecular weight is 212 g/mol. The maximum Gasteiger partial charge on any atom is 0.229 e. The molecule has 0 aromatic carbocycles. The summed E-state index contributed by atoms with van der Waals surface area (Å²) in [5.74, 6) is 0.245. The molecule has 1 aliphatic rings. The molecule has 2 N–H and O–H groups in total. The lowest BCUT2D eigenvalue weighted by Crippen LogP contribution is -2.39. The molecule has 0 atom stereocenters. The van der Waals surface area contributed by atoms with Crippen molar-refractivity contribution < 1.29 is 4.79 Å². The van der Waals surface area contributed by atoms with Gasteiger partial charge in [0.15, 0.2) is 0 Å². The van der Waals surface area contributed by atoms with E-state index in [9.17, 15) is 4.79 Å². The minimum atomic E-state index is -0.188. The van der Waals surface area contributed by atoms with Gasteiger partial charge in [-0.25, -0.2) is 0 Å². The first-order valence-electron chi connectivity index (χ1n) is 5.76. The summed E-state index contributed by atoms with van der Waals surface area (Å²) in [4.78, 5) is 13.9. The van der Waals surface area contributed by atoms with Crippen molar-refractivity contribution in [3.05, 3.63) is 0 Å². The number of nitrogens with two attached hydrogens (primary N) is 1. The van der Waals surface area contributed by atoms with Crippen LogP contribution in [0.25, 0.3) is 0 Å². The molecule has 1 aliphatic carbocycles. The molecule has 0 aromatic rings. The van der Waals surface area contributed by atoms with Gasteiger partial charge in [-0.1, -0.05) is 20.8 Å². The Labute approximate surface area is 93.0 Å². The molecule has 15 heavy (non-hydrogen) atoms. The van der Waals surface area contributed by atoms with Crippen LogP contribution < -0.4 is 5.73 Å². The van der Waals surface area contributed by atoms with E-state index in [1.807, 2.05) is 11.9 Å². The Hall–Kier alpha value is -0.570. The summed E-state index contributed by atoms with van der Waals surface area (Å²) >= 11 is 0.